The molecule has 0 aliphatic carbocycles. The van der Waals surface area contributed by atoms with Gasteiger partial charge in [-0.3, -0.25) is 0 Å². The molecule has 0 N–H and O–H groups in total. The molecule has 2 aromatic rings. The molecule has 0 aliphatic heterocycles. The molecule has 0 saturated heterocycles. The standard InChI is InChI=1S/C12H8.6C4H9.2Sn/c1-3-7-11(8-4-1)12-9-5-2-6-10-12;6*1-3-4-2;;/h1,3-5,7-10H;6*1,3-4H2,2H3;;. The van der Waals surface area contributed by atoms with Crippen molar-refractivity contribution < 1.29 is 0 Å². The number of unbranched alkanes of at least 4 members (excludes halogenated alkanes) is 6. The van der Waals surface area contributed by atoms with Crippen molar-refractivity contribution in [2.75, 3.05) is 0 Å². The molecule has 2 rings (SSSR count). The van der Waals surface area contributed by atoms with Gasteiger partial charge in [0, 0.05) is 0 Å². The van der Waals surface area contributed by atoms with E-state index in [1.807, 2.05) is 3.58 Å². The van der Waals surface area contributed by atoms with Crippen molar-refractivity contribution in [1.29, 1.82) is 0 Å². The van der Waals surface area contributed by atoms with Gasteiger partial charge < -0.3 is 0 Å². The maximum atomic E-state index is 2.84. The summed E-state index contributed by atoms with van der Waals surface area (Å²) in [7, 11) is 0. The van der Waals surface area contributed by atoms with Gasteiger partial charge in [0.1, 0.15) is 0 Å². The van der Waals surface area contributed by atoms with Crippen LogP contribution >= 0.6 is 0 Å². The Labute approximate surface area is 246 Å². The summed E-state index contributed by atoms with van der Waals surface area (Å²) in [6.07, 6.45) is 16.9. The quantitative estimate of drug-likeness (QED) is 0.112. The van der Waals surface area contributed by atoms with E-state index in [1.165, 1.54) is 88.2 Å². The Bertz CT molecular complexity index is 829. The monoisotopic (exact) mass is 734 g/mol. The molecule has 0 bridgehead atoms. The summed E-state index contributed by atoms with van der Waals surface area (Å²) in [5, 5.41) is 0. The normalized spacial score (nSPS) is 12.3. The Hall–Kier alpha value is 0.0374. The van der Waals surface area contributed by atoms with Crippen LogP contribution in [0.3, 0.4) is 0 Å². The van der Waals surface area contributed by atoms with E-state index >= 15 is 0 Å². The SMILES string of the molecule is CCC[CH2][Sn]([CH2]CCC)([CH2]CCC)[c]1ccc(-c2ccccc2)c[c]1[Sn]([CH2]CCC)([CH2]CCC)[CH2]CCC. The molecule has 0 spiro atoms. The molecular formula is C36H62Sn2. The molecule has 0 heterocycles. The van der Waals surface area contributed by atoms with Crippen molar-refractivity contribution in [3.8, 4) is 11.1 Å². The summed E-state index contributed by atoms with van der Waals surface area (Å²) < 4.78 is 13.7. The van der Waals surface area contributed by atoms with E-state index in [-0.39, 0.29) is 0 Å². The molecule has 0 radical (unpaired) electrons. The predicted molar refractivity (Wildman–Crippen MR) is 181 cm³/mol. The molecule has 2 heteroatoms. The third-order valence-corrected chi connectivity index (χ3v) is 42.8. The van der Waals surface area contributed by atoms with Crippen LogP contribution in [0.15, 0.2) is 48.5 Å². The average Bonchev–Trinajstić information content (AvgIpc) is 2.97. The predicted octanol–water partition coefficient (Wildman–Crippen LogP) is 11.5. The molecular weight excluding hydrogens is 670 g/mol. The Kier molecular flexibility index (Phi) is 17.3. The van der Waals surface area contributed by atoms with Crippen LogP contribution in [0.1, 0.15) is 119 Å². The fourth-order valence-corrected chi connectivity index (χ4v) is 49.9. The number of benzene rings is 2. The van der Waals surface area contributed by atoms with Gasteiger partial charge in [0.2, 0.25) is 0 Å². The van der Waals surface area contributed by atoms with Crippen LogP contribution in [0, 0.1) is 0 Å². The third kappa shape index (κ3) is 9.84. The first-order chi connectivity index (χ1) is 18.6. The van der Waals surface area contributed by atoms with E-state index < -0.39 is 36.8 Å². The van der Waals surface area contributed by atoms with Gasteiger partial charge in [-0.1, -0.05) is 0 Å². The fourth-order valence-electron chi connectivity index (χ4n) is 6.90. The van der Waals surface area contributed by atoms with Gasteiger partial charge in [-0.05, 0) is 0 Å². The summed E-state index contributed by atoms with van der Waals surface area (Å²) in [6.45, 7) is 14.6. The molecule has 214 valence electrons. The molecule has 0 aromatic heterocycles. The molecule has 0 aliphatic rings. The van der Waals surface area contributed by atoms with Gasteiger partial charge in [0.25, 0.3) is 0 Å². The molecule has 2 aromatic carbocycles. The van der Waals surface area contributed by atoms with Crippen molar-refractivity contribution in [3.63, 3.8) is 0 Å². The van der Waals surface area contributed by atoms with Gasteiger partial charge >= 0.3 is 249 Å². The second-order valence-electron chi connectivity index (χ2n) is 12.3. The van der Waals surface area contributed by atoms with Gasteiger partial charge in [-0.2, -0.15) is 0 Å². The molecule has 0 amide bonds. The van der Waals surface area contributed by atoms with E-state index in [0.29, 0.717) is 0 Å². The van der Waals surface area contributed by atoms with Gasteiger partial charge in [-0.15, -0.1) is 0 Å². The van der Waals surface area contributed by atoms with Crippen molar-refractivity contribution in [1.82, 2.24) is 0 Å². The topological polar surface area (TPSA) is 0 Å². The summed E-state index contributed by atoms with van der Waals surface area (Å²) >= 11 is -5.21. The van der Waals surface area contributed by atoms with Crippen LogP contribution in [-0.2, 0) is 0 Å². The third-order valence-electron chi connectivity index (χ3n) is 9.32. The molecule has 0 nitrogen and oxygen atoms in total. The van der Waals surface area contributed by atoms with Crippen LogP contribution < -0.4 is 7.16 Å². The number of hydrogen-bond acceptors (Lipinski definition) is 0. The summed E-state index contributed by atoms with van der Waals surface area (Å²) in [5.41, 5.74) is 2.94. The summed E-state index contributed by atoms with van der Waals surface area (Å²) in [6, 6.07) is 19.5. The van der Waals surface area contributed by atoms with E-state index in [1.54, 1.807) is 26.6 Å². The van der Waals surface area contributed by atoms with Crippen LogP contribution in [0.2, 0.25) is 26.6 Å². The zero-order valence-electron chi connectivity index (χ0n) is 26.3. The second-order valence-corrected chi connectivity index (χ2v) is 38.6. The first-order valence-corrected chi connectivity index (χ1v) is 31.7. The van der Waals surface area contributed by atoms with E-state index in [2.05, 4.69) is 93.7 Å². The maximum absolute atomic E-state index is 2.84. The minimum absolute atomic E-state index is 1.36. The molecule has 0 atom stereocenters. The van der Waals surface area contributed by atoms with E-state index in [4.69, 9.17) is 0 Å². The summed E-state index contributed by atoms with van der Waals surface area (Å²) in [4.78, 5) is 0. The zero-order chi connectivity index (χ0) is 27.7. The van der Waals surface area contributed by atoms with Crippen LogP contribution in [0.4, 0.5) is 0 Å². The fraction of sp³-hybridized carbons (Fsp3) is 0.667. The van der Waals surface area contributed by atoms with Gasteiger partial charge in [-0.25, -0.2) is 0 Å². The number of rotatable bonds is 21. The molecule has 0 saturated carbocycles. The van der Waals surface area contributed by atoms with Crippen molar-refractivity contribution in [3.05, 3.63) is 48.5 Å². The minimum atomic E-state index is -2.63. The van der Waals surface area contributed by atoms with Crippen LogP contribution in [0.25, 0.3) is 11.1 Å². The van der Waals surface area contributed by atoms with Gasteiger partial charge in [0.05, 0.1) is 0 Å². The zero-order valence-corrected chi connectivity index (χ0v) is 32.1. The Morgan fingerprint density at radius 2 is 0.763 bits per heavy atom. The second kappa shape index (κ2) is 19.2. The van der Waals surface area contributed by atoms with Crippen LogP contribution in [-0.4, -0.2) is 36.8 Å². The van der Waals surface area contributed by atoms with Crippen molar-refractivity contribution in [2.24, 2.45) is 0 Å². The molecule has 0 unspecified atom stereocenters. The molecule has 38 heavy (non-hydrogen) atoms. The van der Waals surface area contributed by atoms with Crippen molar-refractivity contribution >= 4 is 43.9 Å². The number of hydrogen-bond donors (Lipinski definition) is 0. The van der Waals surface area contributed by atoms with E-state index in [9.17, 15) is 0 Å². The van der Waals surface area contributed by atoms with E-state index in [0.717, 1.165) is 0 Å². The Balaban J connectivity index is 2.88. The summed E-state index contributed by atoms with van der Waals surface area (Å²) in [5.74, 6) is 0. The average molecular weight is 732 g/mol. The Morgan fingerprint density at radius 3 is 1.13 bits per heavy atom. The van der Waals surface area contributed by atoms with Gasteiger partial charge in [0.15, 0.2) is 0 Å². The van der Waals surface area contributed by atoms with Crippen molar-refractivity contribution in [2.45, 2.75) is 145 Å². The van der Waals surface area contributed by atoms with Crippen LogP contribution in [0.5, 0.6) is 0 Å². The Morgan fingerprint density at radius 1 is 0.395 bits per heavy atom. The molecule has 0 fully saturated rings. The first kappa shape index (κ1) is 34.2. The first-order valence-electron chi connectivity index (χ1n) is 16.8.